The molecule has 3 fully saturated rings. The highest BCUT2D eigenvalue weighted by Crippen LogP contribution is 2.55. The van der Waals surface area contributed by atoms with Gasteiger partial charge in [-0.05, 0) is 49.5 Å². The van der Waals surface area contributed by atoms with Crippen LogP contribution in [0.25, 0.3) is 0 Å². The monoisotopic (exact) mass is 368 g/mol. The Balaban J connectivity index is 1.27. The van der Waals surface area contributed by atoms with Gasteiger partial charge in [0.1, 0.15) is 0 Å². The predicted molar refractivity (Wildman–Crippen MR) is 106 cm³/mol. The average molecular weight is 369 g/mol. The Kier molecular flexibility index (Phi) is 5.51. The molecule has 1 N–H and O–H groups in total. The normalized spacial score (nSPS) is 28.9. The van der Waals surface area contributed by atoms with Gasteiger partial charge >= 0.3 is 0 Å². The minimum absolute atomic E-state index is 0.0491. The molecule has 2 amide bonds. The molecule has 3 atom stereocenters. The number of carbonyl (C=O) groups is 2. The Morgan fingerprint density at radius 2 is 1.67 bits per heavy atom. The molecule has 0 radical (unpaired) electrons. The van der Waals surface area contributed by atoms with E-state index in [1.54, 1.807) is 0 Å². The fraction of sp³-hybridized carbons (Fsp3) is 0.652. The number of rotatable bonds is 5. The molecule has 4 heteroatoms. The molecule has 4 nitrogen and oxygen atoms in total. The Hall–Kier alpha value is -1.84. The fourth-order valence-electron chi connectivity index (χ4n) is 5.38. The van der Waals surface area contributed by atoms with E-state index in [9.17, 15) is 9.59 Å². The zero-order chi connectivity index (χ0) is 18.8. The van der Waals surface area contributed by atoms with Crippen LogP contribution in [-0.2, 0) is 9.59 Å². The van der Waals surface area contributed by atoms with E-state index in [1.807, 2.05) is 35.2 Å². The molecule has 0 aromatic heterocycles. The summed E-state index contributed by atoms with van der Waals surface area (Å²) >= 11 is 0. The standard InChI is InChI=1S/C23H32N2O2/c1-2-18(16-8-4-3-5-9-16)23(27)25-14-12-17(13-15-25)24-22(26)21-19-10-6-7-11-20(19)21/h3-5,8-9,17-21H,2,6-7,10-15H2,1H3,(H,24,26)/t18-,19+,20+/m0/s1. The number of amides is 2. The van der Waals surface area contributed by atoms with Gasteiger partial charge < -0.3 is 10.2 Å². The third-order valence-electron chi connectivity index (χ3n) is 7.02. The van der Waals surface area contributed by atoms with Crippen LogP contribution in [0.2, 0.25) is 0 Å². The van der Waals surface area contributed by atoms with Crippen molar-refractivity contribution in [3.05, 3.63) is 35.9 Å². The molecule has 0 bridgehead atoms. The number of benzene rings is 1. The van der Waals surface area contributed by atoms with E-state index in [1.165, 1.54) is 25.7 Å². The molecule has 3 aliphatic rings. The molecule has 4 rings (SSSR count). The molecule has 2 saturated carbocycles. The number of hydrogen-bond donors (Lipinski definition) is 1. The van der Waals surface area contributed by atoms with E-state index in [4.69, 9.17) is 0 Å². The van der Waals surface area contributed by atoms with Gasteiger partial charge in [0, 0.05) is 25.0 Å². The van der Waals surface area contributed by atoms with Gasteiger partial charge in [0.2, 0.25) is 11.8 Å². The van der Waals surface area contributed by atoms with Crippen molar-refractivity contribution in [3.63, 3.8) is 0 Å². The van der Waals surface area contributed by atoms with E-state index in [-0.39, 0.29) is 29.7 Å². The molecule has 146 valence electrons. The third kappa shape index (κ3) is 3.90. The lowest BCUT2D eigenvalue weighted by atomic mass is 9.93. The van der Waals surface area contributed by atoms with E-state index in [0.29, 0.717) is 11.8 Å². The van der Waals surface area contributed by atoms with Crippen LogP contribution in [0.1, 0.15) is 63.4 Å². The quantitative estimate of drug-likeness (QED) is 0.861. The summed E-state index contributed by atoms with van der Waals surface area (Å²) in [6.45, 7) is 3.59. The molecule has 1 heterocycles. The highest BCUT2D eigenvalue weighted by Gasteiger charge is 2.54. The first-order valence-electron chi connectivity index (χ1n) is 10.8. The number of fused-ring (bicyclic) bond motifs is 1. The maximum atomic E-state index is 13.0. The highest BCUT2D eigenvalue weighted by molar-refractivity contribution is 5.84. The van der Waals surface area contributed by atoms with Crippen molar-refractivity contribution < 1.29 is 9.59 Å². The predicted octanol–water partition coefficient (Wildman–Crippen LogP) is 3.72. The van der Waals surface area contributed by atoms with Crippen molar-refractivity contribution in [1.29, 1.82) is 0 Å². The molecular formula is C23H32N2O2. The Morgan fingerprint density at radius 3 is 2.26 bits per heavy atom. The van der Waals surface area contributed by atoms with Crippen LogP contribution in [0.4, 0.5) is 0 Å². The van der Waals surface area contributed by atoms with Crippen LogP contribution in [0.3, 0.4) is 0 Å². The van der Waals surface area contributed by atoms with Crippen molar-refractivity contribution >= 4 is 11.8 Å². The summed E-state index contributed by atoms with van der Waals surface area (Å²) in [5, 5.41) is 3.29. The van der Waals surface area contributed by atoms with Gasteiger partial charge in [-0.15, -0.1) is 0 Å². The first kappa shape index (κ1) is 18.5. The number of hydrogen-bond acceptors (Lipinski definition) is 2. The van der Waals surface area contributed by atoms with Gasteiger partial charge in [0.05, 0.1) is 5.92 Å². The van der Waals surface area contributed by atoms with Gasteiger partial charge in [-0.25, -0.2) is 0 Å². The minimum atomic E-state index is -0.0491. The first-order chi connectivity index (χ1) is 13.2. The largest absolute Gasteiger partial charge is 0.353 e. The van der Waals surface area contributed by atoms with Gasteiger partial charge in [-0.2, -0.15) is 0 Å². The highest BCUT2D eigenvalue weighted by atomic mass is 16.2. The van der Waals surface area contributed by atoms with Crippen molar-refractivity contribution in [2.75, 3.05) is 13.1 Å². The van der Waals surface area contributed by atoms with Crippen LogP contribution in [0.5, 0.6) is 0 Å². The van der Waals surface area contributed by atoms with E-state index in [0.717, 1.165) is 37.9 Å². The summed E-state index contributed by atoms with van der Waals surface area (Å²) < 4.78 is 0. The lowest BCUT2D eigenvalue weighted by molar-refractivity contribution is -0.134. The van der Waals surface area contributed by atoms with Gasteiger partial charge in [-0.3, -0.25) is 9.59 Å². The molecule has 2 aliphatic carbocycles. The molecule has 1 aromatic rings. The minimum Gasteiger partial charge on any atom is -0.353 e. The van der Waals surface area contributed by atoms with Crippen LogP contribution in [0.15, 0.2) is 30.3 Å². The van der Waals surface area contributed by atoms with Crippen LogP contribution < -0.4 is 5.32 Å². The van der Waals surface area contributed by atoms with Crippen LogP contribution >= 0.6 is 0 Å². The number of piperidine rings is 1. The Morgan fingerprint density at radius 1 is 1.04 bits per heavy atom. The SMILES string of the molecule is CC[C@H](C(=O)N1CCC(NC(=O)C2[C@@H]3CCCC[C@@H]23)CC1)c1ccccc1. The maximum Gasteiger partial charge on any atom is 0.230 e. The number of nitrogens with zero attached hydrogens (tertiary/aromatic N) is 1. The summed E-state index contributed by atoms with van der Waals surface area (Å²) in [7, 11) is 0. The Bertz CT molecular complexity index is 654. The second-order valence-electron chi connectivity index (χ2n) is 8.62. The molecule has 0 unspecified atom stereocenters. The van der Waals surface area contributed by atoms with Gasteiger partial charge in [0.25, 0.3) is 0 Å². The summed E-state index contributed by atoms with van der Waals surface area (Å²) in [5.41, 5.74) is 1.11. The maximum absolute atomic E-state index is 13.0. The van der Waals surface area contributed by atoms with Gasteiger partial charge in [-0.1, -0.05) is 50.1 Å². The summed E-state index contributed by atoms with van der Waals surface area (Å²) in [5.74, 6) is 2.09. The summed E-state index contributed by atoms with van der Waals surface area (Å²) in [6, 6.07) is 10.3. The van der Waals surface area contributed by atoms with E-state index < -0.39 is 0 Å². The van der Waals surface area contributed by atoms with E-state index >= 15 is 0 Å². The number of carbonyl (C=O) groups excluding carboxylic acids is 2. The van der Waals surface area contributed by atoms with Crippen LogP contribution in [-0.4, -0.2) is 35.8 Å². The molecule has 1 aromatic carbocycles. The lowest BCUT2D eigenvalue weighted by Gasteiger charge is -2.34. The molecule has 0 spiro atoms. The van der Waals surface area contributed by atoms with Crippen LogP contribution in [0, 0.1) is 17.8 Å². The topological polar surface area (TPSA) is 49.4 Å². The van der Waals surface area contributed by atoms with E-state index in [2.05, 4.69) is 12.2 Å². The number of likely N-dealkylation sites (tertiary alicyclic amines) is 1. The molecule has 1 aliphatic heterocycles. The van der Waals surface area contributed by atoms with Crippen molar-refractivity contribution in [2.45, 2.75) is 63.8 Å². The number of nitrogens with one attached hydrogen (secondary N) is 1. The second-order valence-corrected chi connectivity index (χ2v) is 8.62. The van der Waals surface area contributed by atoms with Crippen molar-refractivity contribution in [1.82, 2.24) is 10.2 Å². The van der Waals surface area contributed by atoms with Crippen molar-refractivity contribution in [2.24, 2.45) is 17.8 Å². The molecule has 1 saturated heterocycles. The van der Waals surface area contributed by atoms with Crippen molar-refractivity contribution in [3.8, 4) is 0 Å². The molecular weight excluding hydrogens is 336 g/mol. The smallest absolute Gasteiger partial charge is 0.230 e. The third-order valence-corrected chi connectivity index (χ3v) is 7.02. The fourth-order valence-corrected chi connectivity index (χ4v) is 5.38. The molecule has 27 heavy (non-hydrogen) atoms. The summed E-state index contributed by atoms with van der Waals surface area (Å²) in [4.78, 5) is 27.6. The first-order valence-corrected chi connectivity index (χ1v) is 10.8. The average Bonchev–Trinajstić information content (AvgIpc) is 3.44. The zero-order valence-electron chi connectivity index (χ0n) is 16.4. The lowest BCUT2D eigenvalue weighted by Crippen LogP contribution is -2.48. The zero-order valence-corrected chi connectivity index (χ0v) is 16.4. The second kappa shape index (κ2) is 8.04. The Labute approximate surface area is 162 Å². The van der Waals surface area contributed by atoms with Gasteiger partial charge in [0.15, 0.2) is 0 Å². The summed E-state index contributed by atoms with van der Waals surface area (Å²) in [6.07, 6.45) is 7.66.